The minimum absolute atomic E-state index is 0.197. The van der Waals surface area contributed by atoms with Crippen LogP contribution in [0, 0.1) is 13.8 Å². The van der Waals surface area contributed by atoms with Crippen LogP contribution in [0.5, 0.6) is 0 Å². The number of carbonyl (C=O) groups excluding carboxylic acids is 1. The smallest absolute Gasteiger partial charge is 0.306 e. The number of aliphatic hydroxyl groups excluding tert-OH is 1. The molecule has 8 nitrogen and oxygen atoms in total. The summed E-state index contributed by atoms with van der Waals surface area (Å²) in [5, 5.41) is 19.2. The van der Waals surface area contributed by atoms with Crippen LogP contribution in [0.15, 0.2) is 60.7 Å². The van der Waals surface area contributed by atoms with Gasteiger partial charge in [0.25, 0.3) is 0 Å². The fraction of sp³-hybridized carbons (Fsp3) is 0.424. The lowest BCUT2D eigenvalue weighted by Crippen LogP contribution is -2.13. The second-order valence-corrected chi connectivity index (χ2v) is 10.3. The molecule has 0 saturated carbocycles. The lowest BCUT2D eigenvalue weighted by Gasteiger charge is -2.21. The Balaban J connectivity index is 1.41. The quantitative estimate of drug-likeness (QED) is 0.145. The topological polar surface area (TPSA) is 95.7 Å². The van der Waals surface area contributed by atoms with Crippen molar-refractivity contribution in [3.05, 3.63) is 94.0 Å². The molecule has 3 aromatic carbocycles. The molecule has 0 saturated heterocycles. The van der Waals surface area contributed by atoms with Gasteiger partial charge in [-0.05, 0) is 73.6 Å². The first kappa shape index (κ1) is 30.4. The third-order valence-electron chi connectivity index (χ3n) is 7.33. The Labute approximate surface area is 242 Å². The van der Waals surface area contributed by atoms with Crippen LogP contribution in [0.1, 0.15) is 72.1 Å². The van der Waals surface area contributed by atoms with Crippen LogP contribution in [-0.4, -0.2) is 52.5 Å². The number of carbonyl (C=O) groups is 1. The van der Waals surface area contributed by atoms with Crippen molar-refractivity contribution >= 4 is 17.0 Å². The summed E-state index contributed by atoms with van der Waals surface area (Å²) < 4.78 is 18.6. The zero-order chi connectivity index (χ0) is 29.2. The van der Waals surface area contributed by atoms with Gasteiger partial charge in [0.05, 0.1) is 44.5 Å². The van der Waals surface area contributed by atoms with E-state index >= 15 is 0 Å². The summed E-state index contributed by atoms with van der Waals surface area (Å²) in [5.74, 6) is -0.496. The van der Waals surface area contributed by atoms with Crippen molar-refractivity contribution < 1.29 is 24.1 Å². The van der Waals surface area contributed by atoms with E-state index in [4.69, 9.17) is 14.2 Å². The average Bonchev–Trinajstić information content (AvgIpc) is 3.38. The first-order valence-corrected chi connectivity index (χ1v) is 14.3. The van der Waals surface area contributed by atoms with Crippen molar-refractivity contribution in [2.45, 2.75) is 65.7 Å². The van der Waals surface area contributed by atoms with Crippen LogP contribution in [0.2, 0.25) is 0 Å². The van der Waals surface area contributed by atoms with Crippen LogP contribution in [0.3, 0.4) is 0 Å². The van der Waals surface area contributed by atoms with Crippen molar-refractivity contribution in [3.63, 3.8) is 0 Å². The van der Waals surface area contributed by atoms with Gasteiger partial charge in [-0.3, -0.25) is 4.79 Å². The molecule has 4 aromatic rings. The molecule has 0 aliphatic carbocycles. The van der Waals surface area contributed by atoms with Gasteiger partial charge in [-0.15, -0.1) is 5.10 Å². The number of aliphatic hydroxyl groups is 1. The molecule has 0 fully saturated rings. The summed E-state index contributed by atoms with van der Waals surface area (Å²) in [6, 6.07) is 20.2. The van der Waals surface area contributed by atoms with E-state index in [1.165, 1.54) is 0 Å². The largest absolute Gasteiger partial charge is 0.466 e. The fourth-order valence-electron chi connectivity index (χ4n) is 5.15. The van der Waals surface area contributed by atoms with Crippen molar-refractivity contribution in [2.75, 3.05) is 26.4 Å². The standard InChI is InChI=1S/C33H41N3O5/c1-5-41-32(38)21-30(27-13-12-23(2)29(20-27)25(4)37)28-14-15-31-33(24(28)3)34-35-36(31)16-9-17-39-18-19-40-22-26-10-7-6-8-11-26/h6-8,10-15,20,25,30,37H,5,9,16-19,21-22H2,1-4H3. The monoisotopic (exact) mass is 559 g/mol. The third-order valence-corrected chi connectivity index (χ3v) is 7.33. The molecular formula is C33H41N3O5. The van der Waals surface area contributed by atoms with Crippen LogP contribution in [-0.2, 0) is 32.2 Å². The highest BCUT2D eigenvalue weighted by Crippen LogP contribution is 2.35. The molecule has 0 radical (unpaired) electrons. The van der Waals surface area contributed by atoms with Gasteiger partial charge in [0.15, 0.2) is 0 Å². The zero-order valence-corrected chi connectivity index (χ0v) is 24.5. The molecule has 2 atom stereocenters. The Hall–Kier alpha value is -3.59. The molecule has 1 N–H and O–H groups in total. The molecule has 218 valence electrons. The van der Waals surface area contributed by atoms with Gasteiger partial charge < -0.3 is 19.3 Å². The highest BCUT2D eigenvalue weighted by Gasteiger charge is 2.24. The molecule has 4 rings (SSSR count). The number of rotatable bonds is 15. The molecule has 0 aliphatic rings. The minimum Gasteiger partial charge on any atom is -0.466 e. The normalized spacial score (nSPS) is 12.9. The van der Waals surface area contributed by atoms with Gasteiger partial charge in [0, 0.05) is 19.1 Å². The summed E-state index contributed by atoms with van der Waals surface area (Å²) in [4.78, 5) is 12.6. The first-order chi connectivity index (χ1) is 19.9. The predicted octanol–water partition coefficient (Wildman–Crippen LogP) is 5.81. The zero-order valence-electron chi connectivity index (χ0n) is 24.5. The van der Waals surface area contributed by atoms with Crippen LogP contribution >= 0.6 is 0 Å². The van der Waals surface area contributed by atoms with Crippen molar-refractivity contribution in [3.8, 4) is 0 Å². The lowest BCUT2D eigenvalue weighted by atomic mass is 9.84. The van der Waals surface area contributed by atoms with Crippen molar-refractivity contribution in [1.29, 1.82) is 0 Å². The molecule has 1 heterocycles. The maximum Gasteiger partial charge on any atom is 0.306 e. The minimum atomic E-state index is -0.604. The molecule has 0 aliphatic heterocycles. The number of ether oxygens (including phenoxy) is 3. The van der Waals surface area contributed by atoms with Gasteiger partial charge in [-0.2, -0.15) is 0 Å². The maximum absolute atomic E-state index is 12.6. The molecule has 0 amide bonds. The lowest BCUT2D eigenvalue weighted by molar-refractivity contribution is -0.143. The Morgan fingerprint density at radius 3 is 2.51 bits per heavy atom. The molecule has 1 aromatic heterocycles. The molecule has 0 spiro atoms. The van der Waals surface area contributed by atoms with E-state index in [1.54, 1.807) is 6.92 Å². The number of aromatic nitrogens is 3. The van der Waals surface area contributed by atoms with Crippen LogP contribution in [0.25, 0.3) is 11.0 Å². The summed E-state index contributed by atoms with van der Waals surface area (Å²) in [6.07, 6.45) is 0.394. The van der Waals surface area contributed by atoms with Crippen molar-refractivity contribution in [1.82, 2.24) is 15.0 Å². The summed E-state index contributed by atoms with van der Waals surface area (Å²) in [5.41, 5.74) is 7.71. The number of esters is 1. The van der Waals surface area contributed by atoms with Gasteiger partial charge >= 0.3 is 5.97 Å². The molecule has 8 heteroatoms. The second-order valence-electron chi connectivity index (χ2n) is 10.3. The Bertz CT molecular complexity index is 1420. The number of benzene rings is 3. The number of aryl methyl sites for hydroxylation is 3. The Morgan fingerprint density at radius 2 is 1.76 bits per heavy atom. The third kappa shape index (κ3) is 8.00. The second kappa shape index (κ2) is 14.9. The van der Waals surface area contributed by atoms with E-state index < -0.39 is 6.10 Å². The Kier molecular flexibility index (Phi) is 11.0. The molecular weight excluding hydrogens is 518 g/mol. The highest BCUT2D eigenvalue weighted by atomic mass is 16.5. The van der Waals surface area contributed by atoms with Crippen LogP contribution < -0.4 is 0 Å². The van der Waals surface area contributed by atoms with E-state index in [0.29, 0.717) is 39.6 Å². The van der Waals surface area contributed by atoms with Crippen LogP contribution in [0.4, 0.5) is 0 Å². The maximum atomic E-state index is 12.6. The van der Waals surface area contributed by atoms with Gasteiger partial charge in [-0.25, -0.2) is 4.68 Å². The van der Waals surface area contributed by atoms with E-state index in [2.05, 4.69) is 16.4 Å². The Morgan fingerprint density at radius 1 is 0.976 bits per heavy atom. The molecule has 0 bridgehead atoms. The predicted molar refractivity (Wildman–Crippen MR) is 159 cm³/mol. The van der Waals surface area contributed by atoms with Crippen molar-refractivity contribution in [2.24, 2.45) is 0 Å². The number of fused-ring (bicyclic) bond motifs is 1. The molecule has 41 heavy (non-hydrogen) atoms. The first-order valence-electron chi connectivity index (χ1n) is 14.3. The summed E-state index contributed by atoms with van der Waals surface area (Å²) in [6.45, 7) is 10.9. The van der Waals surface area contributed by atoms with E-state index in [1.807, 2.05) is 80.1 Å². The van der Waals surface area contributed by atoms with E-state index in [9.17, 15) is 9.90 Å². The van der Waals surface area contributed by atoms with E-state index in [-0.39, 0.29) is 18.3 Å². The average molecular weight is 560 g/mol. The summed E-state index contributed by atoms with van der Waals surface area (Å²) in [7, 11) is 0. The number of hydrogen-bond donors (Lipinski definition) is 1. The summed E-state index contributed by atoms with van der Waals surface area (Å²) >= 11 is 0. The highest BCUT2D eigenvalue weighted by molar-refractivity contribution is 5.80. The van der Waals surface area contributed by atoms with Gasteiger partial charge in [-0.1, -0.05) is 59.8 Å². The van der Waals surface area contributed by atoms with Gasteiger partial charge in [0.1, 0.15) is 5.52 Å². The number of nitrogens with zero attached hydrogens (tertiary/aromatic N) is 3. The molecule has 2 unspecified atom stereocenters. The van der Waals surface area contributed by atoms with E-state index in [0.717, 1.165) is 50.8 Å². The SMILES string of the molecule is CCOC(=O)CC(c1ccc(C)c(C(C)O)c1)c1ccc2c(nnn2CCCOCCOCc2ccccc2)c1C. The number of hydrogen-bond acceptors (Lipinski definition) is 7. The fourth-order valence-corrected chi connectivity index (χ4v) is 5.15. The van der Waals surface area contributed by atoms with Gasteiger partial charge in [0.2, 0.25) is 0 Å².